The third kappa shape index (κ3) is 6.65. The first-order valence-electron chi connectivity index (χ1n) is 9.23. The number of carbonyl (C=O) groups excluding carboxylic acids is 2. The van der Waals surface area contributed by atoms with Crippen LogP contribution in [-0.2, 0) is 26.2 Å². The van der Waals surface area contributed by atoms with E-state index in [1.807, 2.05) is 0 Å². The highest BCUT2D eigenvalue weighted by molar-refractivity contribution is 7.92. The molecule has 2 rings (SSSR count). The lowest BCUT2D eigenvalue weighted by Crippen LogP contribution is -2.50. The molecule has 32 heavy (non-hydrogen) atoms. The molecule has 7 nitrogen and oxygen atoms in total. The van der Waals surface area contributed by atoms with Gasteiger partial charge in [-0.05, 0) is 36.8 Å². The molecule has 1 atom stereocenters. The van der Waals surface area contributed by atoms with Crippen molar-refractivity contribution in [3.63, 3.8) is 0 Å². The van der Waals surface area contributed by atoms with Crippen LogP contribution in [0.1, 0.15) is 12.5 Å². The summed E-state index contributed by atoms with van der Waals surface area (Å²) >= 11 is 24.1. The first-order chi connectivity index (χ1) is 14.8. The van der Waals surface area contributed by atoms with E-state index in [0.29, 0.717) is 10.6 Å². The number of nitrogens with zero attached hydrogens (tertiary/aromatic N) is 2. The number of anilines is 1. The number of likely N-dealkylation sites (N-methyl/N-ethyl adjacent to an activating group) is 1. The highest BCUT2D eigenvalue weighted by atomic mass is 35.5. The van der Waals surface area contributed by atoms with Gasteiger partial charge in [-0.1, -0.05) is 58.5 Å². The van der Waals surface area contributed by atoms with Crippen LogP contribution in [0.4, 0.5) is 5.69 Å². The minimum absolute atomic E-state index is 0.00114. The molecule has 2 aromatic carbocycles. The van der Waals surface area contributed by atoms with Crippen LogP contribution < -0.4 is 9.62 Å². The van der Waals surface area contributed by atoms with Gasteiger partial charge in [-0.15, -0.1) is 0 Å². The summed E-state index contributed by atoms with van der Waals surface area (Å²) in [6, 6.07) is 8.42. The van der Waals surface area contributed by atoms with E-state index in [1.165, 1.54) is 24.1 Å². The summed E-state index contributed by atoms with van der Waals surface area (Å²) in [5, 5.41) is 3.22. The Bertz CT molecular complexity index is 1110. The summed E-state index contributed by atoms with van der Waals surface area (Å²) in [6.45, 7) is 0.992. The fourth-order valence-electron chi connectivity index (χ4n) is 2.88. The number of nitrogens with one attached hydrogen (secondary N) is 1. The third-order valence-electron chi connectivity index (χ3n) is 4.62. The second-order valence-electron chi connectivity index (χ2n) is 6.93. The standard InChI is InChI=1S/C20H21Cl4N3O4S/c1-12(20(29)25-2)26(10-13-4-6-14(21)7-5-13)19(28)11-27(32(3,30)31)18-9-16(23)15(22)8-17(18)24/h4-9,12H,10-11H2,1-3H3,(H,25,29). The number of carbonyl (C=O) groups is 2. The van der Waals surface area contributed by atoms with E-state index in [9.17, 15) is 18.0 Å². The number of hydrogen-bond acceptors (Lipinski definition) is 4. The van der Waals surface area contributed by atoms with Gasteiger partial charge in [-0.2, -0.15) is 0 Å². The Kier molecular flexibility index (Phi) is 9.07. The Morgan fingerprint density at radius 1 is 1.00 bits per heavy atom. The molecule has 0 aliphatic heterocycles. The van der Waals surface area contributed by atoms with E-state index >= 15 is 0 Å². The van der Waals surface area contributed by atoms with E-state index in [0.717, 1.165) is 10.6 Å². The molecule has 0 heterocycles. The average Bonchev–Trinajstić information content (AvgIpc) is 2.72. The zero-order valence-electron chi connectivity index (χ0n) is 17.4. The van der Waals surface area contributed by atoms with Crippen molar-refractivity contribution in [3.05, 3.63) is 62.1 Å². The summed E-state index contributed by atoms with van der Waals surface area (Å²) in [5.74, 6) is -1.03. The molecule has 1 unspecified atom stereocenters. The molecule has 12 heteroatoms. The zero-order valence-corrected chi connectivity index (χ0v) is 21.2. The summed E-state index contributed by atoms with van der Waals surface area (Å²) < 4.78 is 25.9. The molecule has 174 valence electrons. The third-order valence-corrected chi connectivity index (χ3v) is 7.02. The predicted octanol–water partition coefficient (Wildman–Crippen LogP) is 4.23. The van der Waals surface area contributed by atoms with Crippen molar-refractivity contribution in [2.45, 2.75) is 19.5 Å². The second-order valence-corrected chi connectivity index (χ2v) is 10.5. The maximum atomic E-state index is 13.3. The first kappa shape index (κ1) is 26.5. The van der Waals surface area contributed by atoms with Gasteiger partial charge in [-0.25, -0.2) is 8.42 Å². The zero-order chi connectivity index (χ0) is 24.2. The van der Waals surface area contributed by atoms with Crippen LogP contribution in [0.15, 0.2) is 36.4 Å². The van der Waals surface area contributed by atoms with Crippen LogP contribution in [0.5, 0.6) is 0 Å². The molecule has 2 amide bonds. The van der Waals surface area contributed by atoms with Gasteiger partial charge in [0, 0.05) is 18.6 Å². The number of rotatable bonds is 8. The fourth-order valence-corrected chi connectivity index (χ4v) is 4.55. The number of hydrogen-bond donors (Lipinski definition) is 1. The minimum atomic E-state index is -3.95. The van der Waals surface area contributed by atoms with Gasteiger partial charge in [0.2, 0.25) is 21.8 Å². The SMILES string of the molecule is CNC(=O)C(C)N(Cc1ccc(Cl)cc1)C(=O)CN(c1cc(Cl)c(Cl)cc1Cl)S(C)(=O)=O. The topological polar surface area (TPSA) is 86.8 Å². The molecule has 0 spiro atoms. The van der Waals surface area contributed by atoms with Gasteiger partial charge < -0.3 is 10.2 Å². The lowest BCUT2D eigenvalue weighted by molar-refractivity contribution is -0.139. The van der Waals surface area contributed by atoms with Crippen LogP contribution in [0.25, 0.3) is 0 Å². The highest BCUT2D eigenvalue weighted by Gasteiger charge is 2.30. The Hall–Kier alpha value is -1.71. The van der Waals surface area contributed by atoms with Crippen molar-refractivity contribution < 1.29 is 18.0 Å². The van der Waals surface area contributed by atoms with Crippen LogP contribution in [0, 0.1) is 0 Å². The second kappa shape index (κ2) is 10.9. The molecule has 0 aliphatic carbocycles. The van der Waals surface area contributed by atoms with Gasteiger partial charge in [-0.3, -0.25) is 13.9 Å². The molecule has 0 aromatic heterocycles. The molecule has 0 bridgehead atoms. The molecule has 0 saturated heterocycles. The van der Waals surface area contributed by atoms with E-state index in [2.05, 4.69) is 5.32 Å². The quantitative estimate of drug-likeness (QED) is 0.507. The summed E-state index contributed by atoms with van der Waals surface area (Å²) in [5.41, 5.74) is 0.702. The number of benzene rings is 2. The lowest BCUT2D eigenvalue weighted by Gasteiger charge is -2.31. The van der Waals surface area contributed by atoms with E-state index in [4.69, 9.17) is 46.4 Å². The molecule has 1 N–H and O–H groups in total. The maximum absolute atomic E-state index is 13.3. The lowest BCUT2D eigenvalue weighted by atomic mass is 10.1. The van der Waals surface area contributed by atoms with E-state index in [1.54, 1.807) is 31.2 Å². The van der Waals surface area contributed by atoms with Gasteiger partial charge in [0.1, 0.15) is 12.6 Å². The monoisotopic (exact) mass is 539 g/mol. The number of sulfonamides is 1. The molecule has 0 fully saturated rings. The van der Waals surface area contributed by atoms with Crippen molar-refractivity contribution in [1.29, 1.82) is 0 Å². The Balaban J connectivity index is 2.44. The van der Waals surface area contributed by atoms with Crippen LogP contribution >= 0.6 is 46.4 Å². The summed E-state index contributed by atoms with van der Waals surface area (Å²) in [4.78, 5) is 26.8. The Labute approximate surface area is 207 Å². The van der Waals surface area contributed by atoms with E-state index in [-0.39, 0.29) is 27.3 Å². The Morgan fingerprint density at radius 3 is 2.09 bits per heavy atom. The van der Waals surface area contributed by atoms with Gasteiger partial charge in [0.25, 0.3) is 0 Å². The highest BCUT2D eigenvalue weighted by Crippen LogP contribution is 2.35. The molecule has 0 saturated carbocycles. The summed E-state index contributed by atoms with van der Waals surface area (Å²) in [6.07, 6.45) is 0.935. The van der Waals surface area contributed by atoms with Gasteiger partial charge >= 0.3 is 0 Å². The van der Waals surface area contributed by atoms with Crippen LogP contribution in [0.3, 0.4) is 0 Å². The molecular formula is C20H21Cl4N3O4S. The van der Waals surface area contributed by atoms with Crippen molar-refractivity contribution in [3.8, 4) is 0 Å². The van der Waals surface area contributed by atoms with Crippen molar-refractivity contribution in [2.24, 2.45) is 0 Å². The number of amides is 2. The van der Waals surface area contributed by atoms with Crippen LogP contribution in [-0.4, -0.2) is 51.0 Å². The van der Waals surface area contributed by atoms with Crippen molar-refractivity contribution in [1.82, 2.24) is 10.2 Å². The van der Waals surface area contributed by atoms with E-state index < -0.39 is 34.4 Å². The molecule has 2 aromatic rings. The summed E-state index contributed by atoms with van der Waals surface area (Å²) in [7, 11) is -2.50. The van der Waals surface area contributed by atoms with Crippen molar-refractivity contribution in [2.75, 3.05) is 24.2 Å². The van der Waals surface area contributed by atoms with Gasteiger partial charge in [0.05, 0.1) is 27.0 Å². The first-order valence-corrected chi connectivity index (χ1v) is 12.6. The average molecular weight is 541 g/mol. The normalized spacial score (nSPS) is 12.2. The minimum Gasteiger partial charge on any atom is -0.357 e. The largest absolute Gasteiger partial charge is 0.357 e. The van der Waals surface area contributed by atoms with Gasteiger partial charge in [0.15, 0.2) is 0 Å². The predicted molar refractivity (Wildman–Crippen MR) is 129 cm³/mol. The smallest absolute Gasteiger partial charge is 0.244 e. The van der Waals surface area contributed by atoms with Crippen molar-refractivity contribution >= 4 is 73.9 Å². The molecule has 0 radical (unpaired) electrons. The van der Waals surface area contributed by atoms with Crippen LogP contribution in [0.2, 0.25) is 20.1 Å². The maximum Gasteiger partial charge on any atom is 0.244 e. The molecule has 0 aliphatic rings. The molecular weight excluding hydrogens is 520 g/mol. The number of halogens is 4. The fraction of sp³-hybridized carbons (Fsp3) is 0.300. The Morgan fingerprint density at radius 2 is 1.56 bits per heavy atom.